The van der Waals surface area contributed by atoms with Crippen LogP contribution in [0.25, 0.3) is 0 Å². The fraction of sp³-hybridized carbons (Fsp3) is 0.778. The van der Waals surface area contributed by atoms with Crippen molar-refractivity contribution in [1.29, 1.82) is 0 Å². The Kier molecular flexibility index (Phi) is 6.63. The van der Waals surface area contributed by atoms with E-state index in [1.54, 1.807) is 0 Å². The zero-order valence-electron chi connectivity index (χ0n) is 14.9. The molecule has 0 aromatic heterocycles. The standard InChI is InChI=1S/C18H32N2O/c1-8-20(9-2)16(21)11-10-15-14(7)17(12(3)4)19-18(15)13(5)6/h12,14-15H,8-11H2,1-7H3/t14-,15-/m0/s1. The molecule has 1 rings (SSSR count). The summed E-state index contributed by atoms with van der Waals surface area (Å²) < 4.78 is 0. The predicted molar refractivity (Wildman–Crippen MR) is 90.5 cm³/mol. The Hall–Kier alpha value is -1.12. The van der Waals surface area contributed by atoms with Gasteiger partial charge >= 0.3 is 0 Å². The van der Waals surface area contributed by atoms with Crippen LogP contribution in [0, 0.1) is 17.8 Å². The number of allylic oxidation sites excluding steroid dienone is 2. The van der Waals surface area contributed by atoms with Crippen molar-refractivity contribution in [3.63, 3.8) is 0 Å². The van der Waals surface area contributed by atoms with Crippen molar-refractivity contribution in [3.8, 4) is 0 Å². The first-order valence-electron chi connectivity index (χ1n) is 8.36. The maximum Gasteiger partial charge on any atom is 0.222 e. The zero-order chi connectivity index (χ0) is 16.2. The van der Waals surface area contributed by atoms with Crippen LogP contribution in [0.15, 0.2) is 16.3 Å². The molecule has 0 bridgehead atoms. The van der Waals surface area contributed by atoms with Crippen LogP contribution in [0.1, 0.15) is 61.3 Å². The van der Waals surface area contributed by atoms with Crippen molar-refractivity contribution in [2.45, 2.75) is 61.3 Å². The number of carbonyl (C=O) groups excluding carboxylic acids is 1. The molecule has 0 unspecified atom stereocenters. The van der Waals surface area contributed by atoms with Crippen LogP contribution in [0.4, 0.5) is 0 Å². The minimum Gasteiger partial charge on any atom is -0.343 e. The van der Waals surface area contributed by atoms with Gasteiger partial charge in [-0.05, 0) is 40.0 Å². The van der Waals surface area contributed by atoms with E-state index in [-0.39, 0.29) is 5.91 Å². The van der Waals surface area contributed by atoms with Gasteiger partial charge in [-0.3, -0.25) is 9.79 Å². The molecule has 0 spiro atoms. The van der Waals surface area contributed by atoms with Crippen LogP contribution in [-0.2, 0) is 4.79 Å². The summed E-state index contributed by atoms with van der Waals surface area (Å²) in [6.07, 6.45) is 1.55. The Morgan fingerprint density at radius 3 is 2.24 bits per heavy atom. The monoisotopic (exact) mass is 292 g/mol. The molecule has 0 radical (unpaired) electrons. The average molecular weight is 292 g/mol. The lowest BCUT2D eigenvalue weighted by Crippen LogP contribution is -2.31. The summed E-state index contributed by atoms with van der Waals surface area (Å²) in [4.78, 5) is 19.0. The molecule has 0 saturated carbocycles. The number of carbonyl (C=O) groups is 1. The van der Waals surface area contributed by atoms with Gasteiger partial charge in [0.25, 0.3) is 0 Å². The molecular weight excluding hydrogens is 260 g/mol. The molecule has 120 valence electrons. The van der Waals surface area contributed by atoms with E-state index in [0.29, 0.717) is 24.2 Å². The van der Waals surface area contributed by atoms with Crippen LogP contribution in [-0.4, -0.2) is 29.6 Å². The van der Waals surface area contributed by atoms with E-state index in [2.05, 4.69) is 34.6 Å². The first-order valence-corrected chi connectivity index (χ1v) is 8.36. The molecule has 1 heterocycles. The van der Waals surface area contributed by atoms with E-state index in [1.165, 1.54) is 17.0 Å². The van der Waals surface area contributed by atoms with Gasteiger partial charge in [0, 0.05) is 42.8 Å². The number of aliphatic imine (C=N–C) groups is 1. The SMILES string of the molecule is CCN(CC)C(=O)CC[C@@H]1C(=C(C)C)N=C(C(C)C)[C@H]1C. The van der Waals surface area contributed by atoms with Gasteiger partial charge in [0.15, 0.2) is 0 Å². The van der Waals surface area contributed by atoms with E-state index in [4.69, 9.17) is 4.99 Å². The highest BCUT2D eigenvalue weighted by molar-refractivity contribution is 5.92. The van der Waals surface area contributed by atoms with E-state index >= 15 is 0 Å². The molecule has 3 heteroatoms. The smallest absolute Gasteiger partial charge is 0.222 e. The average Bonchev–Trinajstić information content (AvgIpc) is 2.75. The summed E-state index contributed by atoms with van der Waals surface area (Å²) in [6.45, 7) is 16.6. The Bertz CT molecular complexity index is 426. The van der Waals surface area contributed by atoms with Crippen molar-refractivity contribution >= 4 is 11.6 Å². The summed E-state index contributed by atoms with van der Waals surface area (Å²) in [5.41, 5.74) is 3.81. The molecule has 0 aliphatic carbocycles. The Labute approximate surface area is 130 Å². The van der Waals surface area contributed by atoms with Gasteiger partial charge in [-0.15, -0.1) is 0 Å². The van der Waals surface area contributed by atoms with Crippen LogP contribution in [0.5, 0.6) is 0 Å². The third kappa shape index (κ3) is 4.18. The lowest BCUT2D eigenvalue weighted by molar-refractivity contribution is -0.131. The fourth-order valence-electron chi connectivity index (χ4n) is 3.30. The van der Waals surface area contributed by atoms with Gasteiger partial charge < -0.3 is 4.90 Å². The number of amides is 1. The third-order valence-electron chi connectivity index (χ3n) is 4.56. The Balaban J connectivity index is 2.79. The van der Waals surface area contributed by atoms with E-state index in [0.717, 1.165) is 19.5 Å². The summed E-state index contributed by atoms with van der Waals surface area (Å²) in [6, 6.07) is 0. The molecular formula is C18H32N2O. The first kappa shape index (κ1) is 17.9. The fourth-order valence-corrected chi connectivity index (χ4v) is 3.30. The number of nitrogens with zero attached hydrogens (tertiary/aromatic N) is 2. The number of hydrogen-bond acceptors (Lipinski definition) is 2. The largest absolute Gasteiger partial charge is 0.343 e. The normalized spacial score (nSPS) is 21.7. The third-order valence-corrected chi connectivity index (χ3v) is 4.56. The predicted octanol–water partition coefficient (Wildman–Crippen LogP) is 4.29. The second kappa shape index (κ2) is 7.77. The minimum atomic E-state index is 0.276. The van der Waals surface area contributed by atoms with Gasteiger partial charge in [0.05, 0.1) is 0 Å². The van der Waals surface area contributed by atoms with Crippen molar-refractivity contribution in [2.24, 2.45) is 22.7 Å². The van der Waals surface area contributed by atoms with Crippen molar-refractivity contribution < 1.29 is 4.79 Å². The molecule has 0 aromatic carbocycles. The summed E-state index contributed by atoms with van der Waals surface area (Å²) in [5.74, 6) is 1.63. The maximum absolute atomic E-state index is 12.2. The highest BCUT2D eigenvalue weighted by Crippen LogP contribution is 2.38. The van der Waals surface area contributed by atoms with Crippen molar-refractivity contribution in [2.75, 3.05) is 13.1 Å². The maximum atomic E-state index is 12.2. The molecule has 0 fully saturated rings. The Morgan fingerprint density at radius 1 is 1.24 bits per heavy atom. The molecule has 0 saturated heterocycles. The lowest BCUT2D eigenvalue weighted by Gasteiger charge is -2.22. The summed E-state index contributed by atoms with van der Waals surface area (Å²) in [5, 5.41) is 0. The highest BCUT2D eigenvalue weighted by atomic mass is 16.2. The van der Waals surface area contributed by atoms with Gasteiger partial charge in [0.2, 0.25) is 5.91 Å². The van der Waals surface area contributed by atoms with E-state index < -0.39 is 0 Å². The van der Waals surface area contributed by atoms with Crippen LogP contribution >= 0.6 is 0 Å². The van der Waals surface area contributed by atoms with Crippen LogP contribution in [0.2, 0.25) is 0 Å². The molecule has 0 N–H and O–H groups in total. The number of rotatable bonds is 6. The zero-order valence-corrected chi connectivity index (χ0v) is 14.9. The Morgan fingerprint density at radius 2 is 1.81 bits per heavy atom. The van der Waals surface area contributed by atoms with Gasteiger partial charge in [-0.25, -0.2) is 0 Å². The minimum absolute atomic E-state index is 0.276. The molecule has 3 nitrogen and oxygen atoms in total. The molecule has 1 aliphatic rings. The lowest BCUT2D eigenvalue weighted by atomic mass is 9.83. The molecule has 21 heavy (non-hydrogen) atoms. The van der Waals surface area contributed by atoms with Crippen molar-refractivity contribution in [3.05, 3.63) is 11.3 Å². The van der Waals surface area contributed by atoms with Crippen molar-refractivity contribution in [1.82, 2.24) is 4.90 Å². The molecule has 2 atom stereocenters. The second-order valence-corrected chi connectivity index (χ2v) is 6.58. The topological polar surface area (TPSA) is 32.7 Å². The van der Waals surface area contributed by atoms with Crippen LogP contribution in [0.3, 0.4) is 0 Å². The first-order chi connectivity index (χ1) is 9.83. The van der Waals surface area contributed by atoms with E-state index in [9.17, 15) is 4.79 Å². The summed E-state index contributed by atoms with van der Waals surface area (Å²) in [7, 11) is 0. The molecule has 1 aliphatic heterocycles. The van der Waals surface area contributed by atoms with Gasteiger partial charge in [-0.2, -0.15) is 0 Å². The van der Waals surface area contributed by atoms with Crippen LogP contribution < -0.4 is 0 Å². The molecule has 0 aromatic rings. The van der Waals surface area contributed by atoms with Gasteiger partial charge in [0.1, 0.15) is 0 Å². The number of hydrogen-bond donors (Lipinski definition) is 0. The second-order valence-electron chi connectivity index (χ2n) is 6.58. The van der Waals surface area contributed by atoms with E-state index in [1.807, 2.05) is 18.7 Å². The molecule has 1 amide bonds. The summed E-state index contributed by atoms with van der Waals surface area (Å²) >= 11 is 0. The quantitative estimate of drug-likeness (QED) is 0.718. The van der Waals surface area contributed by atoms with Gasteiger partial charge in [-0.1, -0.05) is 26.3 Å². The highest BCUT2D eigenvalue weighted by Gasteiger charge is 2.34.